The van der Waals surface area contributed by atoms with Crippen LogP contribution in [-0.4, -0.2) is 13.2 Å². The fourth-order valence-corrected chi connectivity index (χ4v) is 1.48. The maximum Gasteiger partial charge on any atom is 0.0465 e. The molecule has 0 aliphatic rings. The summed E-state index contributed by atoms with van der Waals surface area (Å²) in [4.78, 5) is 0. The Morgan fingerprint density at radius 2 is 1.21 bits per heavy atom. The molecule has 0 amide bonds. The SMILES string of the molecule is CCCCCCCCCCOCC.N. The van der Waals surface area contributed by atoms with Crippen molar-refractivity contribution in [3.05, 3.63) is 0 Å². The molecule has 0 aromatic heterocycles. The third kappa shape index (κ3) is 14.4. The van der Waals surface area contributed by atoms with Crippen molar-refractivity contribution >= 4 is 0 Å². The Kier molecular flexibility index (Phi) is 18.0. The van der Waals surface area contributed by atoms with Crippen molar-refractivity contribution in [1.82, 2.24) is 6.15 Å². The van der Waals surface area contributed by atoms with Crippen LogP contribution in [0.15, 0.2) is 0 Å². The first-order chi connectivity index (χ1) is 6.41. The molecule has 0 bridgehead atoms. The summed E-state index contributed by atoms with van der Waals surface area (Å²) in [6.45, 7) is 6.16. The van der Waals surface area contributed by atoms with Crippen LogP contribution < -0.4 is 6.15 Å². The van der Waals surface area contributed by atoms with E-state index in [-0.39, 0.29) is 6.15 Å². The van der Waals surface area contributed by atoms with Crippen molar-refractivity contribution in [2.45, 2.75) is 65.2 Å². The van der Waals surface area contributed by atoms with Crippen molar-refractivity contribution in [3.8, 4) is 0 Å². The number of hydrogen-bond donors (Lipinski definition) is 1. The normalized spacial score (nSPS) is 9.86. The van der Waals surface area contributed by atoms with Crippen LogP contribution in [0.3, 0.4) is 0 Å². The predicted molar refractivity (Wildman–Crippen MR) is 64.1 cm³/mol. The van der Waals surface area contributed by atoms with Crippen molar-refractivity contribution < 1.29 is 4.74 Å². The largest absolute Gasteiger partial charge is 0.382 e. The summed E-state index contributed by atoms with van der Waals surface area (Å²) in [5.74, 6) is 0. The lowest BCUT2D eigenvalue weighted by Gasteiger charge is -2.01. The van der Waals surface area contributed by atoms with Crippen molar-refractivity contribution in [2.75, 3.05) is 13.2 Å². The zero-order valence-electron chi connectivity index (χ0n) is 10.2. The molecule has 0 aliphatic heterocycles. The molecule has 0 aliphatic carbocycles. The van der Waals surface area contributed by atoms with Gasteiger partial charge in [0.05, 0.1) is 0 Å². The van der Waals surface area contributed by atoms with E-state index in [1.54, 1.807) is 0 Å². The molecule has 0 fully saturated rings. The topological polar surface area (TPSA) is 44.2 Å². The van der Waals surface area contributed by atoms with Crippen molar-refractivity contribution in [2.24, 2.45) is 0 Å². The highest BCUT2D eigenvalue weighted by molar-refractivity contribution is 4.45. The fraction of sp³-hybridized carbons (Fsp3) is 1.00. The molecule has 0 unspecified atom stereocenters. The quantitative estimate of drug-likeness (QED) is 0.537. The van der Waals surface area contributed by atoms with Gasteiger partial charge in [-0.15, -0.1) is 0 Å². The molecule has 0 atom stereocenters. The lowest BCUT2D eigenvalue weighted by atomic mass is 10.1. The second kappa shape index (κ2) is 15.4. The van der Waals surface area contributed by atoms with Crippen LogP contribution in [0.25, 0.3) is 0 Å². The van der Waals surface area contributed by atoms with Crippen LogP contribution in [-0.2, 0) is 4.74 Å². The highest BCUT2D eigenvalue weighted by atomic mass is 16.5. The van der Waals surface area contributed by atoms with Crippen molar-refractivity contribution in [3.63, 3.8) is 0 Å². The van der Waals surface area contributed by atoms with Gasteiger partial charge in [0.15, 0.2) is 0 Å². The molecule has 14 heavy (non-hydrogen) atoms. The average molecular weight is 203 g/mol. The van der Waals surface area contributed by atoms with Gasteiger partial charge in [0.1, 0.15) is 0 Å². The Bertz CT molecular complexity index is 76.4. The zero-order valence-corrected chi connectivity index (χ0v) is 10.2. The molecule has 0 aromatic carbocycles. The van der Waals surface area contributed by atoms with Gasteiger partial charge < -0.3 is 10.9 Å². The van der Waals surface area contributed by atoms with Gasteiger partial charge >= 0.3 is 0 Å². The van der Waals surface area contributed by atoms with Crippen LogP contribution in [0.4, 0.5) is 0 Å². The van der Waals surface area contributed by atoms with Gasteiger partial charge in [-0.2, -0.15) is 0 Å². The van der Waals surface area contributed by atoms with Gasteiger partial charge in [-0.05, 0) is 13.3 Å². The Hall–Kier alpha value is -0.0800. The number of unbranched alkanes of at least 4 members (excludes halogenated alkanes) is 7. The van der Waals surface area contributed by atoms with E-state index in [9.17, 15) is 0 Å². The molecule has 0 rings (SSSR count). The van der Waals surface area contributed by atoms with E-state index in [1.165, 1.54) is 51.4 Å². The van der Waals surface area contributed by atoms with E-state index in [4.69, 9.17) is 4.74 Å². The van der Waals surface area contributed by atoms with Gasteiger partial charge in [-0.1, -0.05) is 51.9 Å². The second-order valence-corrected chi connectivity index (χ2v) is 3.67. The predicted octanol–water partition coefficient (Wildman–Crippen LogP) is 4.33. The summed E-state index contributed by atoms with van der Waals surface area (Å²) in [6, 6.07) is 0. The van der Waals surface area contributed by atoms with Crippen LogP contribution in [0.1, 0.15) is 65.2 Å². The summed E-state index contributed by atoms with van der Waals surface area (Å²) in [5, 5.41) is 0. The van der Waals surface area contributed by atoms with E-state index in [1.807, 2.05) is 0 Å². The van der Waals surface area contributed by atoms with Crippen molar-refractivity contribution in [1.29, 1.82) is 0 Å². The molecule has 2 nitrogen and oxygen atoms in total. The summed E-state index contributed by atoms with van der Waals surface area (Å²) < 4.78 is 5.28. The minimum atomic E-state index is 0. The maximum atomic E-state index is 5.28. The van der Waals surface area contributed by atoms with Gasteiger partial charge in [0.2, 0.25) is 0 Å². The Balaban J connectivity index is 0. The standard InChI is InChI=1S/C12H26O.H3N/c1-3-5-6-7-8-9-10-11-12-13-4-2;/h3-12H2,1-2H3;1H3. The molecule has 0 saturated heterocycles. The van der Waals surface area contributed by atoms with Crippen LogP contribution in [0.5, 0.6) is 0 Å². The lowest BCUT2D eigenvalue weighted by Crippen LogP contribution is -1.92. The van der Waals surface area contributed by atoms with E-state index in [0.717, 1.165) is 13.2 Å². The first kappa shape index (κ1) is 16.4. The van der Waals surface area contributed by atoms with Gasteiger partial charge in [0, 0.05) is 13.2 Å². The summed E-state index contributed by atoms with van der Waals surface area (Å²) in [5.41, 5.74) is 0. The molecule has 3 N–H and O–H groups in total. The van der Waals surface area contributed by atoms with Crippen LogP contribution in [0, 0.1) is 0 Å². The Morgan fingerprint density at radius 1 is 0.714 bits per heavy atom. The van der Waals surface area contributed by atoms with E-state index in [2.05, 4.69) is 13.8 Å². The summed E-state index contributed by atoms with van der Waals surface area (Å²) >= 11 is 0. The third-order valence-corrected chi connectivity index (χ3v) is 2.35. The monoisotopic (exact) mass is 203 g/mol. The first-order valence-electron chi connectivity index (χ1n) is 5.99. The number of ether oxygens (including phenoxy) is 1. The third-order valence-electron chi connectivity index (χ3n) is 2.35. The smallest absolute Gasteiger partial charge is 0.0465 e. The second-order valence-electron chi connectivity index (χ2n) is 3.67. The maximum absolute atomic E-state index is 5.28. The van der Waals surface area contributed by atoms with Crippen LogP contribution >= 0.6 is 0 Å². The average Bonchev–Trinajstić information content (AvgIpc) is 2.16. The van der Waals surface area contributed by atoms with Gasteiger partial charge in [-0.3, -0.25) is 0 Å². The van der Waals surface area contributed by atoms with E-state index >= 15 is 0 Å². The highest BCUT2D eigenvalue weighted by Gasteiger charge is 1.90. The summed E-state index contributed by atoms with van der Waals surface area (Å²) in [7, 11) is 0. The molecule has 0 aromatic rings. The molecule has 0 saturated carbocycles. The van der Waals surface area contributed by atoms with E-state index < -0.39 is 0 Å². The molecule has 2 heteroatoms. The number of hydrogen-bond acceptors (Lipinski definition) is 2. The molecule has 0 spiro atoms. The number of rotatable bonds is 10. The molecule has 0 heterocycles. The Morgan fingerprint density at radius 3 is 1.71 bits per heavy atom. The van der Waals surface area contributed by atoms with E-state index in [0.29, 0.717) is 0 Å². The zero-order chi connectivity index (χ0) is 9.78. The first-order valence-corrected chi connectivity index (χ1v) is 5.99. The minimum absolute atomic E-state index is 0. The molecular weight excluding hydrogens is 174 g/mol. The lowest BCUT2D eigenvalue weighted by molar-refractivity contribution is 0.143. The van der Waals surface area contributed by atoms with Crippen LogP contribution in [0.2, 0.25) is 0 Å². The Labute approximate surface area is 90.0 Å². The van der Waals surface area contributed by atoms with Gasteiger partial charge in [0.25, 0.3) is 0 Å². The fourth-order valence-electron chi connectivity index (χ4n) is 1.48. The molecule has 0 radical (unpaired) electrons. The highest BCUT2D eigenvalue weighted by Crippen LogP contribution is 2.08. The van der Waals surface area contributed by atoms with Gasteiger partial charge in [-0.25, -0.2) is 0 Å². The summed E-state index contributed by atoms with van der Waals surface area (Å²) in [6.07, 6.45) is 11.1. The molecule has 88 valence electrons. The molecular formula is C12H29NO. The minimum Gasteiger partial charge on any atom is -0.382 e.